The Morgan fingerprint density at radius 1 is 1.39 bits per heavy atom. The standard InChI is InChI=1S/C14H27NO3/c1-4-18-14(16)13(15-12-7-8-12)10-17-9-5-6-11(2)3/h11-13,15H,4-10H2,1-3H3. The smallest absolute Gasteiger partial charge is 0.325 e. The van der Waals surface area contributed by atoms with Gasteiger partial charge < -0.3 is 9.47 Å². The van der Waals surface area contributed by atoms with Crippen molar-refractivity contribution >= 4 is 5.97 Å². The molecular weight excluding hydrogens is 230 g/mol. The van der Waals surface area contributed by atoms with Gasteiger partial charge in [-0.15, -0.1) is 0 Å². The highest BCUT2D eigenvalue weighted by Gasteiger charge is 2.29. The topological polar surface area (TPSA) is 47.6 Å². The number of ether oxygens (including phenoxy) is 2. The van der Waals surface area contributed by atoms with Gasteiger partial charge >= 0.3 is 5.97 Å². The lowest BCUT2D eigenvalue weighted by molar-refractivity contribution is -0.147. The van der Waals surface area contributed by atoms with Crippen LogP contribution in [0.15, 0.2) is 0 Å². The first kappa shape index (κ1) is 15.4. The van der Waals surface area contributed by atoms with Gasteiger partial charge in [-0.3, -0.25) is 10.1 Å². The van der Waals surface area contributed by atoms with Crippen molar-refractivity contribution < 1.29 is 14.3 Å². The summed E-state index contributed by atoms with van der Waals surface area (Å²) in [5, 5.41) is 3.28. The average Bonchev–Trinajstić information content (AvgIpc) is 3.11. The first-order chi connectivity index (χ1) is 8.63. The van der Waals surface area contributed by atoms with E-state index in [0.29, 0.717) is 25.2 Å². The summed E-state index contributed by atoms with van der Waals surface area (Å²) >= 11 is 0. The van der Waals surface area contributed by atoms with Crippen LogP contribution in [0.4, 0.5) is 0 Å². The lowest BCUT2D eigenvalue weighted by atomic mass is 10.1. The molecule has 0 aliphatic heterocycles. The van der Waals surface area contributed by atoms with Crippen molar-refractivity contribution in [3.63, 3.8) is 0 Å². The van der Waals surface area contributed by atoms with Crippen LogP contribution in [-0.2, 0) is 14.3 Å². The van der Waals surface area contributed by atoms with Gasteiger partial charge in [0.2, 0.25) is 0 Å². The maximum absolute atomic E-state index is 11.7. The van der Waals surface area contributed by atoms with E-state index in [0.717, 1.165) is 25.9 Å². The number of hydrogen-bond donors (Lipinski definition) is 1. The van der Waals surface area contributed by atoms with E-state index in [4.69, 9.17) is 9.47 Å². The second-order valence-electron chi connectivity index (χ2n) is 5.36. The number of hydrogen-bond acceptors (Lipinski definition) is 4. The third-order valence-corrected chi connectivity index (χ3v) is 2.94. The number of carbonyl (C=O) groups excluding carboxylic acids is 1. The van der Waals surface area contributed by atoms with E-state index < -0.39 is 0 Å². The SMILES string of the molecule is CCOC(=O)C(COCCCC(C)C)NC1CC1. The Morgan fingerprint density at radius 2 is 2.11 bits per heavy atom. The Bertz CT molecular complexity index is 239. The Kier molecular flexibility index (Phi) is 7.28. The fraction of sp³-hybridized carbons (Fsp3) is 0.929. The minimum absolute atomic E-state index is 0.187. The lowest BCUT2D eigenvalue weighted by Gasteiger charge is -2.17. The number of nitrogens with one attached hydrogen (secondary N) is 1. The molecule has 1 fully saturated rings. The fourth-order valence-corrected chi connectivity index (χ4v) is 1.76. The molecule has 0 heterocycles. The van der Waals surface area contributed by atoms with Gasteiger partial charge in [0.25, 0.3) is 0 Å². The van der Waals surface area contributed by atoms with E-state index >= 15 is 0 Å². The zero-order valence-electron chi connectivity index (χ0n) is 11.9. The molecule has 1 aliphatic carbocycles. The molecule has 0 spiro atoms. The molecule has 1 aliphatic rings. The van der Waals surface area contributed by atoms with Gasteiger partial charge in [-0.25, -0.2) is 0 Å². The highest BCUT2D eigenvalue weighted by atomic mass is 16.5. The fourth-order valence-electron chi connectivity index (χ4n) is 1.76. The quantitative estimate of drug-likeness (QED) is 0.481. The summed E-state index contributed by atoms with van der Waals surface area (Å²) in [7, 11) is 0. The van der Waals surface area contributed by atoms with Crippen molar-refractivity contribution in [2.45, 2.75) is 58.5 Å². The summed E-state index contributed by atoms with van der Waals surface area (Å²) in [6.07, 6.45) is 4.53. The molecule has 1 N–H and O–H groups in total. The molecule has 1 atom stereocenters. The highest BCUT2D eigenvalue weighted by Crippen LogP contribution is 2.19. The highest BCUT2D eigenvalue weighted by molar-refractivity contribution is 5.76. The summed E-state index contributed by atoms with van der Waals surface area (Å²) in [5.41, 5.74) is 0. The Balaban J connectivity index is 2.16. The lowest BCUT2D eigenvalue weighted by Crippen LogP contribution is -2.43. The molecule has 1 rings (SSSR count). The van der Waals surface area contributed by atoms with Crippen LogP contribution in [0, 0.1) is 5.92 Å². The molecular formula is C14H27NO3. The summed E-state index contributed by atoms with van der Waals surface area (Å²) in [4.78, 5) is 11.7. The Morgan fingerprint density at radius 3 is 2.67 bits per heavy atom. The molecule has 0 saturated heterocycles. The van der Waals surface area contributed by atoms with Crippen molar-refractivity contribution in [2.75, 3.05) is 19.8 Å². The van der Waals surface area contributed by atoms with Gasteiger partial charge in [-0.1, -0.05) is 13.8 Å². The van der Waals surface area contributed by atoms with Crippen molar-refractivity contribution in [3.05, 3.63) is 0 Å². The van der Waals surface area contributed by atoms with Crippen molar-refractivity contribution in [2.24, 2.45) is 5.92 Å². The predicted octanol–water partition coefficient (Wildman–Crippen LogP) is 2.12. The van der Waals surface area contributed by atoms with Gasteiger partial charge in [-0.05, 0) is 38.5 Å². The van der Waals surface area contributed by atoms with Crippen molar-refractivity contribution in [3.8, 4) is 0 Å². The van der Waals surface area contributed by atoms with Gasteiger partial charge in [0.1, 0.15) is 6.04 Å². The molecule has 1 saturated carbocycles. The summed E-state index contributed by atoms with van der Waals surface area (Å²) in [6, 6.07) is 0.190. The maximum Gasteiger partial charge on any atom is 0.325 e. The van der Waals surface area contributed by atoms with E-state index in [-0.39, 0.29) is 12.0 Å². The molecule has 0 aromatic rings. The summed E-state index contributed by atoms with van der Waals surface area (Å²) in [5.74, 6) is 0.521. The van der Waals surface area contributed by atoms with Crippen molar-refractivity contribution in [1.82, 2.24) is 5.32 Å². The molecule has 106 valence electrons. The molecule has 4 heteroatoms. The number of rotatable bonds is 10. The van der Waals surface area contributed by atoms with Crippen molar-refractivity contribution in [1.29, 1.82) is 0 Å². The first-order valence-electron chi connectivity index (χ1n) is 7.14. The summed E-state index contributed by atoms with van der Waals surface area (Å²) < 4.78 is 10.6. The van der Waals surface area contributed by atoms with E-state index in [9.17, 15) is 4.79 Å². The largest absolute Gasteiger partial charge is 0.465 e. The van der Waals surface area contributed by atoms with Crippen LogP contribution in [0.2, 0.25) is 0 Å². The molecule has 4 nitrogen and oxygen atoms in total. The van der Waals surface area contributed by atoms with Crippen LogP contribution in [0.25, 0.3) is 0 Å². The molecule has 0 amide bonds. The minimum Gasteiger partial charge on any atom is -0.465 e. The first-order valence-corrected chi connectivity index (χ1v) is 7.14. The molecule has 0 aromatic heterocycles. The Hall–Kier alpha value is -0.610. The van der Waals surface area contributed by atoms with E-state index in [2.05, 4.69) is 19.2 Å². The third-order valence-electron chi connectivity index (χ3n) is 2.94. The van der Waals surface area contributed by atoms with Crippen LogP contribution in [0.1, 0.15) is 46.5 Å². The van der Waals surface area contributed by atoms with Gasteiger partial charge in [0.05, 0.1) is 13.2 Å². The zero-order valence-corrected chi connectivity index (χ0v) is 11.9. The van der Waals surface area contributed by atoms with E-state index in [1.54, 1.807) is 0 Å². The van der Waals surface area contributed by atoms with Gasteiger partial charge in [0, 0.05) is 12.6 Å². The van der Waals surface area contributed by atoms with Crippen LogP contribution in [-0.4, -0.2) is 37.9 Å². The van der Waals surface area contributed by atoms with E-state index in [1.165, 1.54) is 6.42 Å². The average molecular weight is 257 g/mol. The number of esters is 1. The van der Waals surface area contributed by atoms with E-state index in [1.807, 2.05) is 6.92 Å². The number of carbonyl (C=O) groups is 1. The zero-order chi connectivity index (χ0) is 13.4. The monoisotopic (exact) mass is 257 g/mol. The van der Waals surface area contributed by atoms with Crippen LogP contribution >= 0.6 is 0 Å². The molecule has 0 bridgehead atoms. The minimum atomic E-state index is -0.295. The second kappa shape index (κ2) is 8.48. The molecule has 0 radical (unpaired) electrons. The molecule has 1 unspecified atom stereocenters. The molecule has 18 heavy (non-hydrogen) atoms. The molecule has 0 aromatic carbocycles. The maximum atomic E-state index is 11.7. The Labute approximate surface area is 110 Å². The normalized spacial score (nSPS) is 16.9. The second-order valence-corrected chi connectivity index (χ2v) is 5.36. The van der Waals surface area contributed by atoms with Gasteiger partial charge in [-0.2, -0.15) is 0 Å². The van der Waals surface area contributed by atoms with Crippen LogP contribution in [0.3, 0.4) is 0 Å². The van der Waals surface area contributed by atoms with Crippen LogP contribution in [0.5, 0.6) is 0 Å². The predicted molar refractivity (Wildman–Crippen MR) is 71.5 cm³/mol. The van der Waals surface area contributed by atoms with Gasteiger partial charge in [0.15, 0.2) is 0 Å². The third kappa shape index (κ3) is 6.97. The van der Waals surface area contributed by atoms with Crippen LogP contribution < -0.4 is 5.32 Å². The summed E-state index contributed by atoms with van der Waals surface area (Å²) in [6.45, 7) is 7.81.